The molecule has 0 spiro atoms. The van der Waals surface area contributed by atoms with Gasteiger partial charge in [0.1, 0.15) is 0 Å². The third-order valence-electron chi connectivity index (χ3n) is 2.67. The quantitative estimate of drug-likeness (QED) is 0.858. The molecule has 2 aromatic rings. The zero-order valence-electron chi connectivity index (χ0n) is 10.1. The smallest absolute Gasteiger partial charge is 0.358 e. The van der Waals surface area contributed by atoms with Gasteiger partial charge >= 0.3 is 5.97 Å². The summed E-state index contributed by atoms with van der Waals surface area (Å²) in [6.07, 6.45) is 0.419. The number of carboxylic acids is 1. The number of hydrogen-bond donors (Lipinski definition) is 2. The Kier molecular flexibility index (Phi) is 4.13. The molecule has 19 heavy (non-hydrogen) atoms. The summed E-state index contributed by atoms with van der Waals surface area (Å²) in [4.78, 5) is 11.0. The van der Waals surface area contributed by atoms with E-state index >= 15 is 0 Å². The second-order valence-electron chi connectivity index (χ2n) is 4.01. The van der Waals surface area contributed by atoms with Crippen LogP contribution < -0.4 is 5.73 Å². The molecule has 0 radical (unpaired) electrons. The van der Waals surface area contributed by atoms with E-state index in [4.69, 9.17) is 22.4 Å². The highest BCUT2D eigenvalue weighted by Crippen LogP contribution is 2.13. The van der Waals surface area contributed by atoms with Crippen LogP contribution in [-0.2, 0) is 13.0 Å². The predicted octanol–water partition coefficient (Wildman–Crippen LogP) is 1.18. The monoisotopic (exact) mass is 280 g/mol. The highest BCUT2D eigenvalue weighted by Gasteiger charge is 2.18. The molecule has 2 rings (SSSR count). The van der Waals surface area contributed by atoms with Gasteiger partial charge in [-0.2, -0.15) is 0 Å². The Hall–Kier alpha value is -1.92. The molecule has 0 aliphatic heterocycles. The maximum absolute atomic E-state index is 11.0. The standard InChI is InChI=1S/C12H13ClN4O2/c13-9-3-1-8(2-4-9)7-17-10(5-6-14)11(12(18)19)15-16-17/h1-4H,5-7,14H2,(H,18,19). The predicted molar refractivity (Wildman–Crippen MR) is 70.3 cm³/mol. The number of benzene rings is 1. The lowest BCUT2D eigenvalue weighted by Crippen LogP contribution is -2.14. The zero-order valence-corrected chi connectivity index (χ0v) is 10.8. The molecule has 0 fully saturated rings. The molecule has 100 valence electrons. The van der Waals surface area contributed by atoms with Crippen molar-refractivity contribution in [2.45, 2.75) is 13.0 Å². The SMILES string of the molecule is NCCc1c(C(=O)O)nnn1Cc1ccc(Cl)cc1. The number of aromatic nitrogens is 3. The third-order valence-corrected chi connectivity index (χ3v) is 2.92. The van der Waals surface area contributed by atoms with Gasteiger partial charge in [0.2, 0.25) is 0 Å². The van der Waals surface area contributed by atoms with Gasteiger partial charge in [-0.1, -0.05) is 28.9 Å². The summed E-state index contributed by atoms with van der Waals surface area (Å²) in [5, 5.41) is 17.2. The number of rotatable bonds is 5. The molecule has 7 heteroatoms. The van der Waals surface area contributed by atoms with Gasteiger partial charge in [-0.15, -0.1) is 5.10 Å². The fourth-order valence-electron chi connectivity index (χ4n) is 1.77. The lowest BCUT2D eigenvalue weighted by molar-refractivity contribution is 0.0689. The van der Waals surface area contributed by atoms with Gasteiger partial charge in [-0.3, -0.25) is 0 Å². The molecule has 1 aromatic heterocycles. The van der Waals surface area contributed by atoms with Crippen molar-refractivity contribution < 1.29 is 9.90 Å². The summed E-state index contributed by atoms with van der Waals surface area (Å²) >= 11 is 5.81. The minimum absolute atomic E-state index is 0.0422. The molecular formula is C12H13ClN4O2. The van der Waals surface area contributed by atoms with E-state index in [1.54, 1.807) is 16.8 Å². The average molecular weight is 281 g/mol. The summed E-state index contributed by atoms with van der Waals surface area (Å²) in [5.41, 5.74) is 6.94. The summed E-state index contributed by atoms with van der Waals surface area (Å²) in [5.74, 6) is -1.09. The first kappa shape index (κ1) is 13.5. The van der Waals surface area contributed by atoms with Crippen LogP contribution in [0, 0.1) is 0 Å². The Balaban J connectivity index is 2.29. The third kappa shape index (κ3) is 3.10. The van der Waals surface area contributed by atoms with Crippen LogP contribution in [0.1, 0.15) is 21.7 Å². The highest BCUT2D eigenvalue weighted by molar-refractivity contribution is 6.30. The van der Waals surface area contributed by atoms with Crippen LogP contribution in [0.5, 0.6) is 0 Å². The van der Waals surface area contributed by atoms with Gasteiger partial charge in [-0.05, 0) is 24.2 Å². The fourth-order valence-corrected chi connectivity index (χ4v) is 1.90. The van der Waals surface area contributed by atoms with E-state index in [0.717, 1.165) is 5.56 Å². The first-order valence-corrected chi connectivity index (χ1v) is 6.09. The van der Waals surface area contributed by atoms with Gasteiger partial charge < -0.3 is 10.8 Å². The molecule has 0 aliphatic rings. The van der Waals surface area contributed by atoms with E-state index in [-0.39, 0.29) is 5.69 Å². The van der Waals surface area contributed by atoms with Crippen molar-refractivity contribution >= 4 is 17.6 Å². The van der Waals surface area contributed by atoms with Gasteiger partial charge in [0, 0.05) is 11.4 Å². The molecule has 0 saturated carbocycles. The summed E-state index contributed by atoms with van der Waals surface area (Å²) in [6, 6.07) is 7.26. The number of nitrogens with two attached hydrogens (primary N) is 1. The van der Waals surface area contributed by atoms with Crippen molar-refractivity contribution in [3.05, 3.63) is 46.2 Å². The number of carbonyl (C=O) groups is 1. The second kappa shape index (κ2) is 5.81. The second-order valence-corrected chi connectivity index (χ2v) is 4.45. The fraction of sp³-hybridized carbons (Fsp3) is 0.250. The van der Waals surface area contributed by atoms with Gasteiger partial charge in [-0.25, -0.2) is 9.48 Å². The Bertz CT molecular complexity index is 580. The molecule has 0 amide bonds. The van der Waals surface area contributed by atoms with Crippen LogP contribution in [0.25, 0.3) is 0 Å². The van der Waals surface area contributed by atoms with Crippen LogP contribution in [0.2, 0.25) is 5.02 Å². The first-order valence-electron chi connectivity index (χ1n) is 5.72. The van der Waals surface area contributed by atoms with Crippen molar-refractivity contribution in [2.24, 2.45) is 5.73 Å². The van der Waals surface area contributed by atoms with Crippen LogP contribution in [0.4, 0.5) is 0 Å². The molecular weight excluding hydrogens is 268 g/mol. The molecule has 0 unspecified atom stereocenters. The Morgan fingerprint density at radius 1 is 1.37 bits per heavy atom. The minimum atomic E-state index is -1.09. The molecule has 1 heterocycles. The van der Waals surface area contributed by atoms with E-state index in [9.17, 15) is 4.79 Å². The van der Waals surface area contributed by atoms with Crippen molar-refractivity contribution in [3.8, 4) is 0 Å². The molecule has 6 nitrogen and oxygen atoms in total. The maximum atomic E-state index is 11.0. The number of hydrogen-bond acceptors (Lipinski definition) is 4. The van der Waals surface area contributed by atoms with Gasteiger partial charge in [0.25, 0.3) is 0 Å². The van der Waals surface area contributed by atoms with Crippen molar-refractivity contribution in [3.63, 3.8) is 0 Å². The lowest BCUT2D eigenvalue weighted by Gasteiger charge is -2.06. The number of halogens is 1. The minimum Gasteiger partial charge on any atom is -0.476 e. The van der Waals surface area contributed by atoms with E-state index in [1.165, 1.54) is 0 Å². The largest absolute Gasteiger partial charge is 0.476 e. The summed E-state index contributed by atoms with van der Waals surface area (Å²) in [6.45, 7) is 0.779. The molecule has 0 aliphatic carbocycles. The number of aromatic carboxylic acids is 1. The van der Waals surface area contributed by atoms with E-state index < -0.39 is 5.97 Å². The Morgan fingerprint density at radius 3 is 2.63 bits per heavy atom. The van der Waals surface area contributed by atoms with Crippen LogP contribution in [-0.4, -0.2) is 32.6 Å². The van der Waals surface area contributed by atoms with Crippen molar-refractivity contribution in [2.75, 3.05) is 6.54 Å². The van der Waals surface area contributed by atoms with Gasteiger partial charge in [0.15, 0.2) is 5.69 Å². The Labute approximate surface area is 114 Å². The van der Waals surface area contributed by atoms with Crippen LogP contribution in [0.3, 0.4) is 0 Å². The topological polar surface area (TPSA) is 94.0 Å². The van der Waals surface area contributed by atoms with E-state index in [0.29, 0.717) is 30.2 Å². The molecule has 0 bridgehead atoms. The average Bonchev–Trinajstić information content (AvgIpc) is 2.76. The van der Waals surface area contributed by atoms with Crippen molar-refractivity contribution in [1.82, 2.24) is 15.0 Å². The van der Waals surface area contributed by atoms with Crippen LogP contribution in [0.15, 0.2) is 24.3 Å². The highest BCUT2D eigenvalue weighted by atomic mass is 35.5. The van der Waals surface area contributed by atoms with E-state index in [2.05, 4.69) is 10.3 Å². The van der Waals surface area contributed by atoms with Crippen molar-refractivity contribution in [1.29, 1.82) is 0 Å². The number of carboxylic acid groups (broad SMARTS) is 1. The zero-order chi connectivity index (χ0) is 13.8. The molecule has 0 atom stereocenters. The normalized spacial score (nSPS) is 10.6. The lowest BCUT2D eigenvalue weighted by atomic mass is 10.2. The summed E-state index contributed by atoms with van der Waals surface area (Å²) in [7, 11) is 0. The van der Waals surface area contributed by atoms with Gasteiger partial charge in [0.05, 0.1) is 12.2 Å². The molecule has 3 N–H and O–H groups in total. The maximum Gasteiger partial charge on any atom is 0.358 e. The Morgan fingerprint density at radius 2 is 2.05 bits per heavy atom. The first-order chi connectivity index (χ1) is 9.11. The summed E-state index contributed by atoms with van der Waals surface area (Å²) < 4.78 is 1.56. The molecule has 1 aromatic carbocycles. The number of nitrogens with zero attached hydrogens (tertiary/aromatic N) is 3. The van der Waals surface area contributed by atoms with E-state index in [1.807, 2.05) is 12.1 Å². The molecule has 0 saturated heterocycles. The van der Waals surface area contributed by atoms with Crippen LogP contribution >= 0.6 is 11.6 Å².